The molecule has 0 radical (unpaired) electrons. The molecule has 0 unspecified atom stereocenters. The minimum Gasteiger partial charge on any atom is -0.394 e. The molecule has 0 saturated carbocycles. The number of hydrogen-bond donors (Lipinski definition) is 2. The van der Waals surface area contributed by atoms with E-state index in [2.05, 4.69) is 5.10 Å². The van der Waals surface area contributed by atoms with Crippen LogP contribution in [0.1, 0.15) is 5.69 Å². The normalized spacial score (nSPS) is 12.0. The minimum atomic E-state index is -4.52. The van der Waals surface area contributed by atoms with Crippen LogP contribution in [-0.2, 0) is 6.18 Å². The van der Waals surface area contributed by atoms with Crippen molar-refractivity contribution >= 4 is 17.3 Å². The fourth-order valence-corrected chi connectivity index (χ4v) is 0.681. The number of alkyl halides is 3. The van der Waals surface area contributed by atoms with E-state index in [4.69, 9.17) is 17.3 Å². The van der Waals surface area contributed by atoms with Crippen LogP contribution in [0.15, 0.2) is 0 Å². The number of halogens is 4. The third kappa shape index (κ3) is 1.40. The maximum atomic E-state index is 11.9. The molecule has 3 N–H and O–H groups in total. The number of aromatic nitrogens is 2. The summed E-state index contributed by atoms with van der Waals surface area (Å²) in [5.41, 5.74) is 3.26. The van der Waals surface area contributed by atoms with Crippen molar-refractivity contribution in [2.45, 2.75) is 6.18 Å². The van der Waals surface area contributed by atoms with Gasteiger partial charge in [-0.1, -0.05) is 11.6 Å². The lowest BCUT2D eigenvalue weighted by Crippen LogP contribution is -2.08. The summed E-state index contributed by atoms with van der Waals surface area (Å²) in [4.78, 5) is 0. The predicted octanol–water partition coefficient (Wildman–Crippen LogP) is 1.66. The van der Waals surface area contributed by atoms with Gasteiger partial charge in [-0.3, -0.25) is 5.10 Å². The van der Waals surface area contributed by atoms with E-state index in [9.17, 15) is 13.2 Å². The average Bonchev–Trinajstić information content (AvgIpc) is 2.11. The fraction of sp³-hybridized carbons (Fsp3) is 0.250. The van der Waals surface area contributed by atoms with Gasteiger partial charge in [0.2, 0.25) is 0 Å². The van der Waals surface area contributed by atoms with Gasteiger partial charge in [0.15, 0.2) is 10.8 Å². The summed E-state index contributed by atoms with van der Waals surface area (Å²) >= 11 is 5.17. The number of hydrogen-bond acceptors (Lipinski definition) is 2. The first-order chi connectivity index (χ1) is 4.93. The first kappa shape index (κ1) is 8.19. The highest BCUT2D eigenvalue weighted by molar-refractivity contribution is 6.31. The molecular weight excluding hydrogens is 183 g/mol. The van der Waals surface area contributed by atoms with E-state index in [0.29, 0.717) is 0 Å². The second kappa shape index (κ2) is 2.30. The summed E-state index contributed by atoms with van der Waals surface area (Å²) < 4.78 is 35.6. The molecule has 0 atom stereocenters. The lowest BCUT2D eigenvalue weighted by molar-refractivity contribution is -0.140. The van der Waals surface area contributed by atoms with E-state index in [1.807, 2.05) is 0 Å². The molecule has 3 nitrogen and oxygen atoms in total. The van der Waals surface area contributed by atoms with Crippen LogP contribution in [0, 0.1) is 0 Å². The molecule has 1 rings (SSSR count). The van der Waals surface area contributed by atoms with Crippen molar-refractivity contribution in [3.63, 3.8) is 0 Å². The first-order valence-electron chi connectivity index (χ1n) is 2.49. The van der Waals surface area contributed by atoms with Crippen LogP contribution in [0.4, 0.5) is 18.9 Å². The highest BCUT2D eigenvalue weighted by Gasteiger charge is 2.36. The molecule has 7 heteroatoms. The van der Waals surface area contributed by atoms with Crippen molar-refractivity contribution in [3.05, 3.63) is 10.8 Å². The smallest absolute Gasteiger partial charge is 0.394 e. The SMILES string of the molecule is Nc1c(Cl)n[nH]c1C(F)(F)F. The number of aromatic amines is 1. The summed E-state index contributed by atoms with van der Waals surface area (Å²) in [6.45, 7) is 0. The first-order valence-corrected chi connectivity index (χ1v) is 2.87. The van der Waals surface area contributed by atoms with Crippen molar-refractivity contribution in [2.24, 2.45) is 0 Å². The molecule has 0 aliphatic rings. The number of anilines is 1. The molecule has 62 valence electrons. The van der Waals surface area contributed by atoms with Gasteiger partial charge in [-0.2, -0.15) is 18.3 Å². The second-order valence-corrected chi connectivity index (χ2v) is 2.16. The predicted molar refractivity (Wildman–Crippen MR) is 33.0 cm³/mol. The molecule has 0 amide bonds. The van der Waals surface area contributed by atoms with Gasteiger partial charge >= 0.3 is 6.18 Å². The minimum absolute atomic E-state index is 0.364. The molecule has 0 fully saturated rings. The summed E-state index contributed by atoms with van der Waals surface area (Å²) in [5.74, 6) is 0. The molecule has 1 heterocycles. The van der Waals surface area contributed by atoms with E-state index in [-0.39, 0.29) is 5.15 Å². The number of nitrogen functional groups attached to an aromatic ring is 1. The van der Waals surface area contributed by atoms with Crippen molar-refractivity contribution in [3.8, 4) is 0 Å². The van der Waals surface area contributed by atoms with Gasteiger partial charge in [-0.15, -0.1) is 0 Å². The Balaban J connectivity index is 3.15. The summed E-state index contributed by atoms with van der Waals surface area (Å²) in [6, 6.07) is 0. The molecule has 11 heavy (non-hydrogen) atoms. The molecule has 0 aromatic carbocycles. The molecule has 0 aliphatic carbocycles. The Morgan fingerprint density at radius 1 is 1.45 bits per heavy atom. The second-order valence-electron chi connectivity index (χ2n) is 1.80. The van der Waals surface area contributed by atoms with Gasteiger partial charge < -0.3 is 5.73 Å². The summed E-state index contributed by atoms with van der Waals surface area (Å²) in [7, 11) is 0. The Kier molecular flexibility index (Phi) is 1.71. The van der Waals surface area contributed by atoms with Crippen LogP contribution in [-0.4, -0.2) is 10.2 Å². The zero-order valence-corrected chi connectivity index (χ0v) is 5.79. The number of nitrogens with two attached hydrogens (primary N) is 1. The lowest BCUT2D eigenvalue weighted by Gasteiger charge is -2.02. The Hall–Kier alpha value is -0.910. The van der Waals surface area contributed by atoms with Crippen LogP contribution in [0.2, 0.25) is 5.15 Å². The Morgan fingerprint density at radius 3 is 2.18 bits per heavy atom. The molecule has 0 aliphatic heterocycles. The Morgan fingerprint density at radius 2 is 2.00 bits per heavy atom. The van der Waals surface area contributed by atoms with Gasteiger partial charge in [0.1, 0.15) is 5.69 Å². The van der Waals surface area contributed by atoms with E-state index in [0.717, 1.165) is 0 Å². The number of H-pyrrole nitrogens is 1. The topological polar surface area (TPSA) is 54.7 Å². The molecule has 0 saturated heterocycles. The van der Waals surface area contributed by atoms with Crippen LogP contribution >= 0.6 is 11.6 Å². The van der Waals surface area contributed by atoms with Crippen LogP contribution < -0.4 is 5.73 Å². The van der Waals surface area contributed by atoms with E-state index >= 15 is 0 Å². The molecule has 0 spiro atoms. The number of nitrogens with one attached hydrogen (secondary N) is 1. The monoisotopic (exact) mass is 185 g/mol. The lowest BCUT2D eigenvalue weighted by atomic mass is 10.4. The largest absolute Gasteiger partial charge is 0.434 e. The van der Waals surface area contributed by atoms with Crippen LogP contribution in [0.25, 0.3) is 0 Å². The number of nitrogens with zero attached hydrogens (tertiary/aromatic N) is 1. The zero-order chi connectivity index (χ0) is 8.65. The molecule has 0 bridgehead atoms. The van der Waals surface area contributed by atoms with Crippen molar-refractivity contribution in [1.29, 1.82) is 0 Å². The van der Waals surface area contributed by atoms with E-state index in [1.54, 1.807) is 5.10 Å². The fourth-order valence-electron chi connectivity index (χ4n) is 0.545. The third-order valence-corrected chi connectivity index (χ3v) is 1.33. The van der Waals surface area contributed by atoms with Crippen molar-refractivity contribution < 1.29 is 13.2 Å². The van der Waals surface area contributed by atoms with Gasteiger partial charge in [0.25, 0.3) is 0 Å². The van der Waals surface area contributed by atoms with E-state index in [1.165, 1.54) is 0 Å². The maximum absolute atomic E-state index is 11.9. The van der Waals surface area contributed by atoms with Crippen LogP contribution in [0.5, 0.6) is 0 Å². The van der Waals surface area contributed by atoms with Gasteiger partial charge in [-0.25, -0.2) is 0 Å². The Labute approximate surface area is 64.3 Å². The van der Waals surface area contributed by atoms with Crippen LogP contribution in [0.3, 0.4) is 0 Å². The zero-order valence-electron chi connectivity index (χ0n) is 5.04. The molecular formula is C4H3ClF3N3. The third-order valence-electron chi connectivity index (χ3n) is 1.04. The Bertz CT molecular complexity index is 266. The number of rotatable bonds is 0. The highest BCUT2D eigenvalue weighted by Crippen LogP contribution is 2.34. The maximum Gasteiger partial charge on any atom is 0.434 e. The average molecular weight is 186 g/mol. The highest BCUT2D eigenvalue weighted by atomic mass is 35.5. The molecule has 1 aromatic rings. The quantitative estimate of drug-likeness (QED) is 0.646. The van der Waals surface area contributed by atoms with E-state index < -0.39 is 17.6 Å². The molecule has 1 aromatic heterocycles. The van der Waals surface area contributed by atoms with Gasteiger partial charge in [0, 0.05) is 0 Å². The standard InChI is InChI=1S/C4H3ClF3N3/c5-3-1(9)2(10-11-3)4(6,7)8/h9H2,(H,10,11). The van der Waals surface area contributed by atoms with Crippen molar-refractivity contribution in [2.75, 3.05) is 5.73 Å². The van der Waals surface area contributed by atoms with Crippen molar-refractivity contribution in [1.82, 2.24) is 10.2 Å². The summed E-state index contributed by atoms with van der Waals surface area (Å²) in [6.07, 6.45) is -4.52. The summed E-state index contributed by atoms with van der Waals surface area (Å²) in [5, 5.41) is 4.40. The van der Waals surface area contributed by atoms with Gasteiger partial charge in [-0.05, 0) is 0 Å². The van der Waals surface area contributed by atoms with Gasteiger partial charge in [0.05, 0.1) is 0 Å².